The van der Waals surface area contributed by atoms with Crippen LogP contribution in [0.1, 0.15) is 63.2 Å². The van der Waals surface area contributed by atoms with Crippen molar-refractivity contribution in [1.82, 2.24) is 5.32 Å². The molecule has 146 valence electrons. The van der Waals surface area contributed by atoms with E-state index in [-0.39, 0.29) is 17.2 Å². The van der Waals surface area contributed by atoms with Gasteiger partial charge in [0.1, 0.15) is 6.29 Å². The van der Waals surface area contributed by atoms with E-state index in [4.69, 9.17) is 0 Å². The van der Waals surface area contributed by atoms with Crippen LogP contribution < -0.4 is 10.2 Å². The number of aldehydes is 1. The zero-order chi connectivity index (χ0) is 19.2. The standard InChI is InChI=1S/C23H32N2O2/c1-22(2)18-8-11-23(22,3)20(14-18)24-21(27)17-9-12-25(13-10-17)19-6-4-16(15-26)5-7-19/h4-7,15,17-18,20H,8-14H2,1-3H3,(H,24,27)/t18-,20+,23+/m0/s1. The van der Waals surface area contributed by atoms with Crippen LogP contribution in [0.2, 0.25) is 0 Å². The molecule has 1 N–H and O–H groups in total. The molecule has 4 heteroatoms. The SMILES string of the molecule is CC1(C)[C@H]2CC[C@]1(C)[C@H](NC(=O)C1CCN(c3ccc(C=O)cc3)CC1)C2. The van der Waals surface area contributed by atoms with Gasteiger partial charge in [-0.05, 0) is 73.1 Å². The summed E-state index contributed by atoms with van der Waals surface area (Å²) in [6, 6.07) is 8.06. The van der Waals surface area contributed by atoms with Crippen LogP contribution in [0.15, 0.2) is 24.3 Å². The van der Waals surface area contributed by atoms with Crippen molar-refractivity contribution < 1.29 is 9.59 Å². The molecule has 1 saturated heterocycles. The van der Waals surface area contributed by atoms with E-state index in [0.717, 1.165) is 50.2 Å². The Hall–Kier alpha value is -1.84. The third-order valence-electron chi connectivity index (χ3n) is 8.37. The molecule has 4 nitrogen and oxygen atoms in total. The Morgan fingerprint density at radius 3 is 2.30 bits per heavy atom. The van der Waals surface area contributed by atoms with E-state index in [2.05, 4.69) is 31.0 Å². The highest BCUT2D eigenvalue weighted by Gasteiger charge is 2.61. The fraction of sp³-hybridized carbons (Fsp3) is 0.652. The number of carbonyl (C=O) groups is 2. The van der Waals surface area contributed by atoms with E-state index in [9.17, 15) is 9.59 Å². The lowest BCUT2D eigenvalue weighted by Crippen LogP contribution is -2.50. The van der Waals surface area contributed by atoms with Crippen molar-refractivity contribution in [2.45, 2.75) is 58.9 Å². The maximum Gasteiger partial charge on any atom is 0.223 e. The third kappa shape index (κ3) is 2.97. The average Bonchev–Trinajstić information content (AvgIpc) is 3.02. The van der Waals surface area contributed by atoms with Gasteiger partial charge in [0, 0.05) is 36.3 Å². The summed E-state index contributed by atoms with van der Waals surface area (Å²) >= 11 is 0. The van der Waals surface area contributed by atoms with Crippen molar-refractivity contribution in [3.8, 4) is 0 Å². The number of carbonyl (C=O) groups excluding carboxylic acids is 2. The number of nitrogens with zero attached hydrogens (tertiary/aromatic N) is 1. The van der Waals surface area contributed by atoms with Gasteiger partial charge in [0.05, 0.1) is 0 Å². The average molecular weight is 369 g/mol. The second kappa shape index (κ2) is 6.65. The lowest BCUT2D eigenvalue weighted by Gasteiger charge is -2.40. The maximum atomic E-state index is 12.9. The van der Waals surface area contributed by atoms with Crippen LogP contribution in [-0.4, -0.2) is 31.3 Å². The lowest BCUT2D eigenvalue weighted by molar-refractivity contribution is -0.127. The molecule has 1 aromatic rings. The van der Waals surface area contributed by atoms with Crippen LogP contribution >= 0.6 is 0 Å². The van der Waals surface area contributed by atoms with E-state index in [0.29, 0.717) is 17.0 Å². The zero-order valence-corrected chi connectivity index (χ0v) is 16.8. The Balaban J connectivity index is 1.33. The minimum absolute atomic E-state index is 0.126. The van der Waals surface area contributed by atoms with Crippen LogP contribution in [0.4, 0.5) is 5.69 Å². The van der Waals surface area contributed by atoms with Gasteiger partial charge in [-0.2, -0.15) is 0 Å². The molecule has 1 aliphatic heterocycles. The Morgan fingerprint density at radius 1 is 1.11 bits per heavy atom. The molecule has 0 aromatic heterocycles. The molecule has 0 spiro atoms. The number of fused-ring (bicyclic) bond motifs is 2. The first kappa shape index (κ1) is 18.5. The molecule has 3 fully saturated rings. The Bertz CT molecular complexity index is 718. The first-order valence-electron chi connectivity index (χ1n) is 10.5. The monoisotopic (exact) mass is 368 g/mol. The van der Waals surface area contributed by atoms with Crippen molar-refractivity contribution in [2.24, 2.45) is 22.7 Å². The minimum atomic E-state index is 0.126. The van der Waals surface area contributed by atoms with E-state index in [1.54, 1.807) is 0 Å². The first-order valence-corrected chi connectivity index (χ1v) is 10.5. The van der Waals surface area contributed by atoms with Crippen LogP contribution in [0, 0.1) is 22.7 Å². The summed E-state index contributed by atoms with van der Waals surface area (Å²) in [7, 11) is 0. The Morgan fingerprint density at radius 2 is 1.78 bits per heavy atom. The van der Waals surface area contributed by atoms with Crippen LogP contribution in [0.25, 0.3) is 0 Å². The number of benzene rings is 1. The molecule has 1 amide bonds. The van der Waals surface area contributed by atoms with Crippen molar-refractivity contribution in [1.29, 1.82) is 0 Å². The number of hydrogen-bond donors (Lipinski definition) is 1. The summed E-state index contributed by atoms with van der Waals surface area (Å²) in [6.07, 6.45) is 6.38. The second-order valence-electron chi connectivity index (χ2n) is 9.64. The predicted octanol–water partition coefficient (Wildman–Crippen LogP) is 4.05. The van der Waals surface area contributed by atoms with Gasteiger partial charge in [-0.25, -0.2) is 0 Å². The molecule has 1 heterocycles. The molecule has 4 rings (SSSR count). The highest BCUT2D eigenvalue weighted by molar-refractivity contribution is 5.79. The summed E-state index contributed by atoms with van der Waals surface area (Å²) in [4.78, 5) is 26.1. The van der Waals surface area contributed by atoms with Crippen molar-refractivity contribution in [3.63, 3.8) is 0 Å². The molecule has 2 saturated carbocycles. The van der Waals surface area contributed by atoms with E-state index < -0.39 is 0 Å². The van der Waals surface area contributed by atoms with Gasteiger partial charge in [0.25, 0.3) is 0 Å². The second-order valence-corrected chi connectivity index (χ2v) is 9.64. The predicted molar refractivity (Wildman–Crippen MR) is 108 cm³/mol. The minimum Gasteiger partial charge on any atom is -0.371 e. The van der Waals surface area contributed by atoms with E-state index in [1.807, 2.05) is 24.3 Å². The van der Waals surface area contributed by atoms with Gasteiger partial charge in [0.15, 0.2) is 0 Å². The van der Waals surface area contributed by atoms with E-state index >= 15 is 0 Å². The largest absolute Gasteiger partial charge is 0.371 e. The molecule has 3 atom stereocenters. The highest BCUT2D eigenvalue weighted by Crippen LogP contribution is 2.65. The van der Waals surface area contributed by atoms with Gasteiger partial charge in [-0.1, -0.05) is 20.8 Å². The number of anilines is 1. The summed E-state index contributed by atoms with van der Waals surface area (Å²) in [5, 5.41) is 3.45. The van der Waals surface area contributed by atoms with Crippen LogP contribution in [0.5, 0.6) is 0 Å². The molecular formula is C23H32N2O2. The Kier molecular flexibility index (Phi) is 4.56. The summed E-state index contributed by atoms with van der Waals surface area (Å²) in [5.41, 5.74) is 2.42. The topological polar surface area (TPSA) is 49.4 Å². The first-order chi connectivity index (χ1) is 12.8. The number of rotatable bonds is 4. The lowest BCUT2D eigenvalue weighted by atomic mass is 9.69. The van der Waals surface area contributed by atoms with Gasteiger partial charge in [-0.15, -0.1) is 0 Å². The van der Waals surface area contributed by atoms with Gasteiger partial charge < -0.3 is 10.2 Å². The summed E-state index contributed by atoms with van der Waals surface area (Å²) < 4.78 is 0. The Labute approximate surface area is 162 Å². The number of amides is 1. The molecule has 1 aromatic carbocycles. The number of hydrogen-bond acceptors (Lipinski definition) is 3. The normalized spacial score (nSPS) is 32.5. The number of piperidine rings is 1. The van der Waals surface area contributed by atoms with Crippen molar-refractivity contribution in [2.75, 3.05) is 18.0 Å². The van der Waals surface area contributed by atoms with Crippen molar-refractivity contribution >= 4 is 17.9 Å². The van der Waals surface area contributed by atoms with Crippen LogP contribution in [-0.2, 0) is 4.79 Å². The zero-order valence-electron chi connectivity index (χ0n) is 16.8. The molecule has 0 unspecified atom stereocenters. The molecule has 2 aliphatic carbocycles. The van der Waals surface area contributed by atoms with Gasteiger partial charge >= 0.3 is 0 Å². The van der Waals surface area contributed by atoms with Gasteiger partial charge in [0.2, 0.25) is 5.91 Å². The van der Waals surface area contributed by atoms with E-state index in [1.165, 1.54) is 12.8 Å². The molecule has 0 radical (unpaired) electrons. The summed E-state index contributed by atoms with van der Waals surface area (Å²) in [5.74, 6) is 1.14. The smallest absolute Gasteiger partial charge is 0.223 e. The fourth-order valence-corrected chi connectivity index (χ4v) is 5.88. The summed E-state index contributed by atoms with van der Waals surface area (Å²) in [6.45, 7) is 8.97. The van der Waals surface area contributed by atoms with Crippen LogP contribution in [0.3, 0.4) is 0 Å². The maximum absolute atomic E-state index is 12.9. The quantitative estimate of drug-likeness (QED) is 0.816. The molecule has 27 heavy (non-hydrogen) atoms. The molecule has 2 bridgehead atoms. The fourth-order valence-electron chi connectivity index (χ4n) is 5.88. The van der Waals surface area contributed by atoms with Crippen molar-refractivity contribution in [3.05, 3.63) is 29.8 Å². The molecule has 3 aliphatic rings. The highest BCUT2D eigenvalue weighted by atomic mass is 16.2. The number of nitrogens with one attached hydrogen (secondary N) is 1. The molecular weight excluding hydrogens is 336 g/mol. The third-order valence-corrected chi connectivity index (χ3v) is 8.37. The van der Waals surface area contributed by atoms with Gasteiger partial charge in [-0.3, -0.25) is 9.59 Å².